The molecule has 8 heteroatoms. The first-order chi connectivity index (χ1) is 14.5. The first-order valence-electron chi connectivity index (χ1n) is 10.4. The number of aliphatic hydroxyl groups is 1. The van der Waals surface area contributed by atoms with E-state index in [-0.39, 0.29) is 18.0 Å². The zero-order chi connectivity index (χ0) is 22.7. The van der Waals surface area contributed by atoms with E-state index in [0.29, 0.717) is 25.1 Å². The molecular weight excluding hydrogens is 414 g/mol. The maximum atomic E-state index is 12.8. The SMILES string of the molecule is CC(C)(C)NS(=O)(=O)c1ccccc1CNC(=O)C1(O)CCN(Cc2ccccc2)C1. The van der Waals surface area contributed by atoms with E-state index < -0.39 is 27.1 Å². The maximum Gasteiger partial charge on any atom is 0.253 e. The molecule has 7 nitrogen and oxygen atoms in total. The van der Waals surface area contributed by atoms with Gasteiger partial charge < -0.3 is 10.4 Å². The Morgan fingerprint density at radius 1 is 1.10 bits per heavy atom. The van der Waals surface area contributed by atoms with Crippen molar-refractivity contribution in [3.05, 3.63) is 65.7 Å². The fourth-order valence-electron chi connectivity index (χ4n) is 3.74. The van der Waals surface area contributed by atoms with Crippen LogP contribution in [-0.2, 0) is 27.9 Å². The van der Waals surface area contributed by atoms with Gasteiger partial charge in [0.05, 0.1) is 4.90 Å². The summed E-state index contributed by atoms with van der Waals surface area (Å²) in [5.41, 5.74) is -0.532. The van der Waals surface area contributed by atoms with E-state index in [9.17, 15) is 18.3 Å². The molecule has 2 aromatic carbocycles. The number of benzene rings is 2. The average molecular weight is 446 g/mol. The van der Waals surface area contributed by atoms with Crippen LogP contribution in [0.1, 0.15) is 38.3 Å². The molecule has 0 bridgehead atoms. The number of hydrogen-bond acceptors (Lipinski definition) is 5. The topological polar surface area (TPSA) is 98.7 Å². The Labute approximate surface area is 184 Å². The second-order valence-electron chi connectivity index (χ2n) is 9.12. The van der Waals surface area contributed by atoms with Gasteiger partial charge in [-0.15, -0.1) is 0 Å². The number of β-amino-alcohol motifs (C(OH)–C–C–N with tert-alkyl or cyclic N) is 1. The molecule has 168 valence electrons. The lowest BCUT2D eigenvalue weighted by atomic mass is 10.0. The third kappa shape index (κ3) is 6.13. The van der Waals surface area contributed by atoms with Gasteiger partial charge in [0.2, 0.25) is 10.0 Å². The Kier molecular flexibility index (Phi) is 6.85. The lowest BCUT2D eigenvalue weighted by Crippen LogP contribution is -2.48. The van der Waals surface area contributed by atoms with Gasteiger partial charge in [-0.3, -0.25) is 9.69 Å². The van der Waals surface area contributed by atoms with Crippen molar-refractivity contribution >= 4 is 15.9 Å². The lowest BCUT2D eigenvalue weighted by molar-refractivity contribution is -0.138. The summed E-state index contributed by atoms with van der Waals surface area (Å²) in [7, 11) is -3.75. The van der Waals surface area contributed by atoms with Gasteiger partial charge >= 0.3 is 0 Å². The summed E-state index contributed by atoms with van der Waals surface area (Å²) in [6.45, 7) is 6.83. The summed E-state index contributed by atoms with van der Waals surface area (Å²) in [6, 6.07) is 16.5. The summed E-state index contributed by atoms with van der Waals surface area (Å²) in [5, 5.41) is 13.6. The monoisotopic (exact) mass is 445 g/mol. The van der Waals surface area contributed by atoms with Crippen LogP contribution in [0, 0.1) is 0 Å². The standard InChI is InChI=1S/C23H31N3O4S/c1-22(2,3)25-31(29,30)20-12-8-7-11-19(20)15-24-21(27)23(28)13-14-26(17-23)16-18-9-5-4-6-10-18/h4-12,25,28H,13-17H2,1-3H3,(H,24,27). The predicted molar refractivity (Wildman–Crippen MR) is 120 cm³/mol. The molecule has 0 aliphatic carbocycles. The number of rotatable bonds is 7. The molecule has 1 saturated heterocycles. The van der Waals surface area contributed by atoms with E-state index in [1.807, 2.05) is 35.2 Å². The van der Waals surface area contributed by atoms with Crippen LogP contribution in [0.15, 0.2) is 59.5 Å². The van der Waals surface area contributed by atoms with Crippen molar-refractivity contribution in [3.8, 4) is 0 Å². The lowest BCUT2D eigenvalue weighted by Gasteiger charge is -2.24. The minimum atomic E-state index is -3.75. The van der Waals surface area contributed by atoms with Crippen LogP contribution in [0.4, 0.5) is 0 Å². The van der Waals surface area contributed by atoms with E-state index >= 15 is 0 Å². The normalized spacial score (nSPS) is 20.0. The van der Waals surface area contributed by atoms with Crippen LogP contribution >= 0.6 is 0 Å². The fraction of sp³-hybridized carbons (Fsp3) is 0.435. The van der Waals surface area contributed by atoms with Gasteiger partial charge in [0, 0.05) is 31.7 Å². The highest BCUT2D eigenvalue weighted by molar-refractivity contribution is 7.89. The van der Waals surface area contributed by atoms with Gasteiger partial charge in [-0.05, 0) is 44.4 Å². The smallest absolute Gasteiger partial charge is 0.253 e. The summed E-state index contributed by atoms with van der Waals surface area (Å²) < 4.78 is 28.2. The van der Waals surface area contributed by atoms with Crippen molar-refractivity contribution in [2.24, 2.45) is 0 Å². The number of nitrogens with one attached hydrogen (secondary N) is 2. The molecule has 1 aliphatic heterocycles. The molecule has 1 aliphatic rings. The van der Waals surface area contributed by atoms with Crippen LogP contribution in [-0.4, -0.2) is 48.6 Å². The average Bonchev–Trinajstić information content (AvgIpc) is 3.07. The largest absolute Gasteiger partial charge is 0.379 e. The molecule has 1 heterocycles. The predicted octanol–water partition coefficient (Wildman–Crippen LogP) is 2.02. The summed E-state index contributed by atoms with van der Waals surface area (Å²) >= 11 is 0. The van der Waals surface area contributed by atoms with Gasteiger partial charge in [0.25, 0.3) is 5.91 Å². The van der Waals surface area contributed by atoms with E-state index in [1.165, 1.54) is 6.07 Å². The number of hydrogen-bond donors (Lipinski definition) is 3. The highest BCUT2D eigenvalue weighted by Gasteiger charge is 2.42. The molecule has 0 spiro atoms. The Bertz CT molecular complexity index is 1020. The third-order valence-electron chi connectivity index (χ3n) is 5.14. The molecule has 2 aromatic rings. The summed E-state index contributed by atoms with van der Waals surface area (Å²) in [4.78, 5) is 14.9. The molecule has 0 radical (unpaired) electrons. The molecule has 0 saturated carbocycles. The van der Waals surface area contributed by atoms with E-state index in [1.54, 1.807) is 39.0 Å². The Morgan fingerprint density at radius 2 is 1.74 bits per heavy atom. The fourth-order valence-corrected chi connectivity index (χ4v) is 5.40. The molecule has 1 unspecified atom stereocenters. The van der Waals surface area contributed by atoms with Crippen LogP contribution in [0.2, 0.25) is 0 Å². The summed E-state index contributed by atoms with van der Waals surface area (Å²) in [6.07, 6.45) is 0.331. The molecule has 3 N–H and O–H groups in total. The first-order valence-corrected chi connectivity index (χ1v) is 11.9. The van der Waals surface area contributed by atoms with E-state index in [0.717, 1.165) is 5.56 Å². The third-order valence-corrected chi connectivity index (χ3v) is 7.00. The van der Waals surface area contributed by atoms with Gasteiger partial charge in [0.15, 0.2) is 5.60 Å². The number of sulfonamides is 1. The van der Waals surface area contributed by atoms with Crippen molar-refractivity contribution in [2.45, 2.75) is 56.3 Å². The number of likely N-dealkylation sites (tertiary alicyclic amines) is 1. The highest BCUT2D eigenvalue weighted by Crippen LogP contribution is 2.24. The van der Waals surface area contributed by atoms with Crippen LogP contribution in [0.5, 0.6) is 0 Å². The van der Waals surface area contributed by atoms with E-state index in [2.05, 4.69) is 10.0 Å². The molecule has 0 aromatic heterocycles. The maximum absolute atomic E-state index is 12.8. The molecule has 1 amide bonds. The number of carbonyl (C=O) groups is 1. The Balaban J connectivity index is 1.65. The van der Waals surface area contributed by atoms with Gasteiger partial charge in [0.1, 0.15) is 0 Å². The number of amides is 1. The van der Waals surface area contributed by atoms with Crippen LogP contribution in [0.3, 0.4) is 0 Å². The van der Waals surface area contributed by atoms with Gasteiger partial charge in [-0.2, -0.15) is 0 Å². The van der Waals surface area contributed by atoms with Crippen molar-refractivity contribution in [1.29, 1.82) is 0 Å². The van der Waals surface area contributed by atoms with Crippen LogP contribution < -0.4 is 10.0 Å². The second-order valence-corrected chi connectivity index (χ2v) is 10.8. The zero-order valence-electron chi connectivity index (χ0n) is 18.3. The van der Waals surface area contributed by atoms with Gasteiger partial charge in [-0.1, -0.05) is 48.5 Å². The zero-order valence-corrected chi connectivity index (χ0v) is 19.1. The molecular formula is C23H31N3O4S. The molecule has 1 fully saturated rings. The Hall–Kier alpha value is -2.26. The number of carbonyl (C=O) groups excluding carboxylic acids is 1. The molecule has 31 heavy (non-hydrogen) atoms. The second kappa shape index (κ2) is 9.08. The van der Waals surface area contributed by atoms with Gasteiger partial charge in [-0.25, -0.2) is 13.1 Å². The minimum absolute atomic E-state index is 0.0149. The van der Waals surface area contributed by atoms with Crippen molar-refractivity contribution in [1.82, 2.24) is 14.9 Å². The highest BCUT2D eigenvalue weighted by atomic mass is 32.2. The number of nitrogens with zero attached hydrogens (tertiary/aromatic N) is 1. The Morgan fingerprint density at radius 3 is 2.42 bits per heavy atom. The first kappa shape index (κ1) is 23.4. The van der Waals surface area contributed by atoms with Crippen molar-refractivity contribution < 1.29 is 18.3 Å². The quantitative estimate of drug-likeness (QED) is 0.606. The molecule has 1 atom stereocenters. The molecule has 3 rings (SSSR count). The van der Waals surface area contributed by atoms with Crippen molar-refractivity contribution in [2.75, 3.05) is 13.1 Å². The van der Waals surface area contributed by atoms with E-state index in [4.69, 9.17) is 0 Å². The minimum Gasteiger partial charge on any atom is -0.379 e. The van der Waals surface area contributed by atoms with Crippen LogP contribution in [0.25, 0.3) is 0 Å². The summed E-state index contributed by atoms with van der Waals surface area (Å²) in [5.74, 6) is -0.487. The van der Waals surface area contributed by atoms with Crippen molar-refractivity contribution in [3.63, 3.8) is 0 Å².